The SMILES string of the molecule is Cc1cc(C(=O)C2CCCNC2)c(C)cc1OCC(C)C. The molecule has 0 bridgehead atoms. The summed E-state index contributed by atoms with van der Waals surface area (Å²) in [5, 5.41) is 3.32. The van der Waals surface area contributed by atoms with Gasteiger partial charge in [-0.25, -0.2) is 0 Å². The van der Waals surface area contributed by atoms with Crippen molar-refractivity contribution in [3.63, 3.8) is 0 Å². The third-order valence-electron chi connectivity index (χ3n) is 4.03. The molecular formula is C18H27NO2. The molecule has 2 rings (SSSR count). The maximum Gasteiger partial charge on any atom is 0.167 e. The molecule has 1 aromatic rings. The number of aryl methyl sites for hydroxylation is 2. The molecule has 116 valence electrons. The van der Waals surface area contributed by atoms with Gasteiger partial charge in [-0.05, 0) is 62.4 Å². The highest BCUT2D eigenvalue weighted by molar-refractivity contribution is 5.99. The van der Waals surface area contributed by atoms with Crippen LogP contribution in [0.25, 0.3) is 0 Å². The van der Waals surface area contributed by atoms with Crippen LogP contribution in [0, 0.1) is 25.7 Å². The molecule has 0 amide bonds. The summed E-state index contributed by atoms with van der Waals surface area (Å²) in [4.78, 5) is 12.7. The molecule has 3 heteroatoms. The number of ketones is 1. The molecule has 1 aromatic carbocycles. The van der Waals surface area contributed by atoms with E-state index < -0.39 is 0 Å². The Morgan fingerprint density at radius 2 is 2.10 bits per heavy atom. The van der Waals surface area contributed by atoms with Crippen molar-refractivity contribution in [2.24, 2.45) is 11.8 Å². The number of carbonyl (C=O) groups is 1. The average Bonchev–Trinajstić information content (AvgIpc) is 2.47. The van der Waals surface area contributed by atoms with E-state index in [9.17, 15) is 4.79 Å². The Morgan fingerprint density at radius 3 is 2.71 bits per heavy atom. The molecule has 1 aliphatic heterocycles. The molecule has 1 heterocycles. The molecule has 1 unspecified atom stereocenters. The lowest BCUT2D eigenvalue weighted by atomic mass is 9.88. The normalized spacial score (nSPS) is 18.8. The van der Waals surface area contributed by atoms with Crippen LogP contribution in [0.2, 0.25) is 0 Å². The van der Waals surface area contributed by atoms with Gasteiger partial charge in [-0.3, -0.25) is 4.79 Å². The smallest absolute Gasteiger partial charge is 0.167 e. The quantitative estimate of drug-likeness (QED) is 0.843. The number of ether oxygens (including phenoxy) is 1. The van der Waals surface area contributed by atoms with E-state index in [0.29, 0.717) is 12.5 Å². The van der Waals surface area contributed by atoms with Gasteiger partial charge in [0.25, 0.3) is 0 Å². The Balaban J connectivity index is 2.16. The number of benzene rings is 1. The molecule has 0 spiro atoms. The van der Waals surface area contributed by atoms with Crippen molar-refractivity contribution in [2.45, 2.75) is 40.5 Å². The first kappa shape index (κ1) is 16.0. The maximum absolute atomic E-state index is 12.7. The van der Waals surface area contributed by atoms with Gasteiger partial charge in [-0.15, -0.1) is 0 Å². The Hall–Kier alpha value is -1.35. The molecule has 0 aromatic heterocycles. The zero-order chi connectivity index (χ0) is 15.4. The van der Waals surface area contributed by atoms with Gasteiger partial charge in [0.2, 0.25) is 0 Å². The van der Waals surface area contributed by atoms with Gasteiger partial charge >= 0.3 is 0 Å². The van der Waals surface area contributed by atoms with Crippen LogP contribution < -0.4 is 10.1 Å². The first-order valence-corrected chi connectivity index (χ1v) is 7.98. The Bertz CT molecular complexity index is 502. The second-order valence-electron chi connectivity index (χ2n) is 6.55. The standard InChI is InChI=1S/C18H27NO2/c1-12(2)11-21-17-9-13(3)16(8-14(17)4)18(20)15-6-5-7-19-10-15/h8-9,12,15,19H,5-7,10-11H2,1-4H3. The van der Waals surface area contributed by atoms with Crippen molar-refractivity contribution in [1.82, 2.24) is 5.32 Å². The van der Waals surface area contributed by atoms with Gasteiger partial charge in [0, 0.05) is 18.0 Å². The van der Waals surface area contributed by atoms with Crippen LogP contribution in [0.3, 0.4) is 0 Å². The highest BCUT2D eigenvalue weighted by Crippen LogP contribution is 2.26. The van der Waals surface area contributed by atoms with Crippen LogP contribution >= 0.6 is 0 Å². The van der Waals surface area contributed by atoms with Gasteiger partial charge < -0.3 is 10.1 Å². The van der Waals surface area contributed by atoms with E-state index in [4.69, 9.17) is 4.74 Å². The van der Waals surface area contributed by atoms with Crippen molar-refractivity contribution >= 4 is 5.78 Å². The molecule has 0 aliphatic carbocycles. The summed E-state index contributed by atoms with van der Waals surface area (Å²) in [7, 11) is 0. The lowest BCUT2D eigenvalue weighted by Gasteiger charge is -2.23. The zero-order valence-corrected chi connectivity index (χ0v) is 13.7. The number of Topliss-reactive ketones (excluding diaryl/α,β-unsaturated/α-hetero) is 1. The summed E-state index contributed by atoms with van der Waals surface area (Å²) in [5.74, 6) is 1.80. The van der Waals surface area contributed by atoms with Crippen LogP contribution in [0.15, 0.2) is 12.1 Å². The van der Waals surface area contributed by atoms with Crippen LogP contribution in [0.4, 0.5) is 0 Å². The van der Waals surface area contributed by atoms with E-state index in [-0.39, 0.29) is 11.7 Å². The molecular weight excluding hydrogens is 262 g/mol. The molecule has 1 saturated heterocycles. The van der Waals surface area contributed by atoms with E-state index in [1.165, 1.54) is 0 Å². The molecule has 1 fully saturated rings. The highest BCUT2D eigenvalue weighted by Gasteiger charge is 2.24. The van der Waals surface area contributed by atoms with E-state index >= 15 is 0 Å². The number of piperidine rings is 1. The van der Waals surface area contributed by atoms with Crippen molar-refractivity contribution in [1.29, 1.82) is 0 Å². The van der Waals surface area contributed by atoms with E-state index in [2.05, 4.69) is 19.2 Å². The van der Waals surface area contributed by atoms with Gasteiger partial charge in [-0.2, -0.15) is 0 Å². The number of nitrogens with one attached hydrogen (secondary N) is 1. The summed E-state index contributed by atoms with van der Waals surface area (Å²) in [6.45, 7) is 10.8. The molecule has 21 heavy (non-hydrogen) atoms. The second-order valence-corrected chi connectivity index (χ2v) is 6.55. The molecule has 3 nitrogen and oxygen atoms in total. The minimum atomic E-state index is 0.124. The van der Waals surface area contributed by atoms with Crippen LogP contribution in [-0.2, 0) is 0 Å². The largest absolute Gasteiger partial charge is 0.493 e. The summed E-state index contributed by atoms with van der Waals surface area (Å²) < 4.78 is 5.84. The number of hydrogen-bond donors (Lipinski definition) is 1. The fourth-order valence-corrected chi connectivity index (χ4v) is 2.76. The monoisotopic (exact) mass is 289 g/mol. The van der Waals surface area contributed by atoms with Crippen LogP contribution in [-0.4, -0.2) is 25.5 Å². The molecule has 0 saturated carbocycles. The maximum atomic E-state index is 12.7. The van der Waals surface area contributed by atoms with Crippen molar-refractivity contribution in [2.75, 3.05) is 19.7 Å². The van der Waals surface area contributed by atoms with E-state index in [1.807, 2.05) is 26.0 Å². The minimum Gasteiger partial charge on any atom is -0.493 e. The van der Waals surface area contributed by atoms with Gasteiger partial charge in [-0.1, -0.05) is 13.8 Å². The summed E-state index contributed by atoms with van der Waals surface area (Å²) in [6.07, 6.45) is 2.08. The van der Waals surface area contributed by atoms with Crippen LogP contribution in [0.1, 0.15) is 48.2 Å². The lowest BCUT2D eigenvalue weighted by Crippen LogP contribution is -2.34. The number of hydrogen-bond acceptors (Lipinski definition) is 3. The summed E-state index contributed by atoms with van der Waals surface area (Å²) in [5.41, 5.74) is 2.93. The van der Waals surface area contributed by atoms with Crippen molar-refractivity contribution in [3.05, 3.63) is 28.8 Å². The van der Waals surface area contributed by atoms with Crippen molar-refractivity contribution in [3.8, 4) is 5.75 Å². The zero-order valence-electron chi connectivity index (χ0n) is 13.7. The fourth-order valence-electron chi connectivity index (χ4n) is 2.76. The van der Waals surface area contributed by atoms with E-state index in [0.717, 1.165) is 48.4 Å². The van der Waals surface area contributed by atoms with Gasteiger partial charge in [0.05, 0.1) is 6.61 Å². The Morgan fingerprint density at radius 1 is 1.33 bits per heavy atom. The summed E-state index contributed by atoms with van der Waals surface area (Å²) >= 11 is 0. The molecule has 1 aliphatic rings. The molecule has 1 atom stereocenters. The first-order chi connectivity index (χ1) is 9.99. The molecule has 1 N–H and O–H groups in total. The predicted octanol–water partition coefficient (Wildman–Crippen LogP) is 3.52. The van der Waals surface area contributed by atoms with Crippen LogP contribution in [0.5, 0.6) is 5.75 Å². The van der Waals surface area contributed by atoms with Gasteiger partial charge in [0.1, 0.15) is 5.75 Å². The average molecular weight is 289 g/mol. The Kier molecular flexibility index (Phi) is 5.40. The Labute approximate surface area is 128 Å². The predicted molar refractivity (Wildman–Crippen MR) is 86.2 cm³/mol. The second kappa shape index (κ2) is 7.08. The minimum absolute atomic E-state index is 0.124. The fraction of sp³-hybridized carbons (Fsp3) is 0.611. The third-order valence-corrected chi connectivity index (χ3v) is 4.03. The topological polar surface area (TPSA) is 38.3 Å². The summed E-state index contributed by atoms with van der Waals surface area (Å²) in [6, 6.07) is 4.02. The highest BCUT2D eigenvalue weighted by atomic mass is 16.5. The number of carbonyl (C=O) groups excluding carboxylic acids is 1. The van der Waals surface area contributed by atoms with E-state index in [1.54, 1.807) is 0 Å². The number of rotatable bonds is 5. The third kappa shape index (κ3) is 4.07. The lowest BCUT2D eigenvalue weighted by molar-refractivity contribution is 0.0899. The van der Waals surface area contributed by atoms with Gasteiger partial charge in [0.15, 0.2) is 5.78 Å². The molecule has 0 radical (unpaired) electrons. The van der Waals surface area contributed by atoms with Crippen molar-refractivity contribution < 1.29 is 9.53 Å². The first-order valence-electron chi connectivity index (χ1n) is 7.98.